The van der Waals surface area contributed by atoms with Crippen molar-refractivity contribution in [1.82, 2.24) is 0 Å². The molecule has 0 amide bonds. The van der Waals surface area contributed by atoms with Crippen LogP contribution in [0.5, 0.6) is 0 Å². The SMILES string of the molecule is CC(=O)[C@H](C)OCCOCCOCCN. The van der Waals surface area contributed by atoms with Crippen molar-refractivity contribution in [2.75, 3.05) is 39.6 Å². The molecule has 0 radical (unpaired) electrons. The summed E-state index contributed by atoms with van der Waals surface area (Å²) in [6, 6.07) is 0. The Kier molecular flexibility index (Phi) is 9.71. The molecule has 0 saturated heterocycles. The Morgan fingerprint density at radius 1 is 1.13 bits per heavy atom. The molecular weight excluding hydrogens is 198 g/mol. The zero-order chi connectivity index (χ0) is 11.5. The number of nitrogens with two attached hydrogens (primary N) is 1. The molecule has 0 aromatic heterocycles. The van der Waals surface area contributed by atoms with Crippen LogP contribution in [0.15, 0.2) is 0 Å². The van der Waals surface area contributed by atoms with E-state index in [1.807, 2.05) is 0 Å². The summed E-state index contributed by atoms with van der Waals surface area (Å²) in [7, 11) is 0. The first kappa shape index (κ1) is 14.5. The molecule has 2 N–H and O–H groups in total. The molecule has 5 heteroatoms. The maximum absolute atomic E-state index is 10.8. The van der Waals surface area contributed by atoms with E-state index >= 15 is 0 Å². The van der Waals surface area contributed by atoms with E-state index in [1.54, 1.807) is 6.92 Å². The lowest BCUT2D eigenvalue weighted by Gasteiger charge is -2.09. The van der Waals surface area contributed by atoms with Crippen LogP contribution in [0, 0.1) is 0 Å². The minimum absolute atomic E-state index is 0.0290. The summed E-state index contributed by atoms with van der Waals surface area (Å²) in [5, 5.41) is 0. The Balaban J connectivity index is 3.08. The van der Waals surface area contributed by atoms with Gasteiger partial charge in [0.05, 0.1) is 33.0 Å². The minimum atomic E-state index is -0.345. The van der Waals surface area contributed by atoms with Crippen LogP contribution < -0.4 is 5.73 Å². The second kappa shape index (κ2) is 10.0. The number of carbonyl (C=O) groups is 1. The summed E-state index contributed by atoms with van der Waals surface area (Å²) in [6.45, 7) is 6.29. The minimum Gasteiger partial charge on any atom is -0.378 e. The fourth-order valence-electron chi connectivity index (χ4n) is 0.806. The molecular formula is C10H21NO4. The molecule has 0 spiro atoms. The van der Waals surface area contributed by atoms with Gasteiger partial charge < -0.3 is 19.9 Å². The van der Waals surface area contributed by atoms with Crippen molar-refractivity contribution in [2.24, 2.45) is 5.73 Å². The van der Waals surface area contributed by atoms with E-state index in [9.17, 15) is 4.79 Å². The largest absolute Gasteiger partial charge is 0.378 e. The molecule has 0 saturated carbocycles. The van der Waals surface area contributed by atoms with Crippen molar-refractivity contribution in [1.29, 1.82) is 0 Å². The van der Waals surface area contributed by atoms with Gasteiger partial charge in [-0.15, -0.1) is 0 Å². The molecule has 0 aliphatic heterocycles. The highest BCUT2D eigenvalue weighted by Crippen LogP contribution is 1.91. The fourth-order valence-corrected chi connectivity index (χ4v) is 0.806. The smallest absolute Gasteiger partial charge is 0.158 e. The van der Waals surface area contributed by atoms with E-state index in [-0.39, 0.29) is 11.9 Å². The Bertz CT molecular complexity index is 164. The number of hydrogen-bond acceptors (Lipinski definition) is 5. The second-order valence-electron chi connectivity index (χ2n) is 3.14. The van der Waals surface area contributed by atoms with E-state index in [4.69, 9.17) is 19.9 Å². The van der Waals surface area contributed by atoms with Gasteiger partial charge in [-0.2, -0.15) is 0 Å². The third kappa shape index (κ3) is 9.81. The molecule has 0 unspecified atom stereocenters. The van der Waals surface area contributed by atoms with Gasteiger partial charge in [-0.3, -0.25) is 4.79 Å². The summed E-state index contributed by atoms with van der Waals surface area (Å²) >= 11 is 0. The lowest BCUT2D eigenvalue weighted by atomic mass is 10.3. The summed E-state index contributed by atoms with van der Waals surface area (Å²) in [6.07, 6.45) is -0.345. The zero-order valence-corrected chi connectivity index (χ0v) is 9.53. The van der Waals surface area contributed by atoms with Crippen molar-refractivity contribution >= 4 is 5.78 Å². The molecule has 0 aliphatic carbocycles. The number of Topliss-reactive ketones (excluding diaryl/α,β-unsaturated/α-hetero) is 1. The lowest BCUT2D eigenvalue weighted by molar-refractivity contribution is -0.128. The number of ether oxygens (including phenoxy) is 3. The fraction of sp³-hybridized carbons (Fsp3) is 0.900. The number of ketones is 1. The van der Waals surface area contributed by atoms with Crippen LogP contribution in [0.4, 0.5) is 0 Å². The molecule has 15 heavy (non-hydrogen) atoms. The topological polar surface area (TPSA) is 70.8 Å². The highest BCUT2D eigenvalue weighted by atomic mass is 16.5. The molecule has 0 fully saturated rings. The van der Waals surface area contributed by atoms with Crippen LogP contribution >= 0.6 is 0 Å². The summed E-state index contributed by atoms with van der Waals surface area (Å²) in [5.74, 6) is 0.0290. The third-order valence-electron chi connectivity index (χ3n) is 1.80. The highest BCUT2D eigenvalue weighted by molar-refractivity contribution is 5.79. The molecule has 0 aromatic rings. The van der Waals surface area contributed by atoms with Crippen molar-refractivity contribution < 1.29 is 19.0 Å². The maximum Gasteiger partial charge on any atom is 0.158 e. The van der Waals surface area contributed by atoms with Crippen molar-refractivity contribution in [2.45, 2.75) is 20.0 Å². The first-order chi connectivity index (χ1) is 7.18. The second-order valence-corrected chi connectivity index (χ2v) is 3.14. The van der Waals surface area contributed by atoms with E-state index < -0.39 is 0 Å². The van der Waals surface area contributed by atoms with Gasteiger partial charge in [-0.1, -0.05) is 0 Å². The average Bonchev–Trinajstić information content (AvgIpc) is 2.21. The Hall–Kier alpha value is -0.490. The summed E-state index contributed by atoms with van der Waals surface area (Å²) < 4.78 is 15.5. The van der Waals surface area contributed by atoms with Gasteiger partial charge in [0.25, 0.3) is 0 Å². The Morgan fingerprint density at radius 2 is 1.67 bits per heavy atom. The van der Waals surface area contributed by atoms with Crippen LogP contribution in [0.2, 0.25) is 0 Å². The highest BCUT2D eigenvalue weighted by Gasteiger charge is 2.06. The molecule has 0 heterocycles. The van der Waals surface area contributed by atoms with E-state index in [1.165, 1.54) is 6.92 Å². The molecule has 0 aliphatic rings. The number of carbonyl (C=O) groups excluding carboxylic acids is 1. The van der Waals surface area contributed by atoms with Gasteiger partial charge in [0.15, 0.2) is 5.78 Å². The third-order valence-corrected chi connectivity index (χ3v) is 1.80. The monoisotopic (exact) mass is 219 g/mol. The maximum atomic E-state index is 10.8. The van der Waals surface area contributed by atoms with Gasteiger partial charge in [-0.25, -0.2) is 0 Å². The lowest BCUT2D eigenvalue weighted by Crippen LogP contribution is -2.20. The molecule has 90 valence electrons. The number of hydrogen-bond donors (Lipinski definition) is 1. The van der Waals surface area contributed by atoms with Gasteiger partial charge >= 0.3 is 0 Å². The van der Waals surface area contributed by atoms with Crippen molar-refractivity contribution in [3.63, 3.8) is 0 Å². The van der Waals surface area contributed by atoms with E-state index in [0.29, 0.717) is 39.6 Å². The summed E-state index contributed by atoms with van der Waals surface area (Å²) in [5.41, 5.74) is 5.23. The van der Waals surface area contributed by atoms with Crippen molar-refractivity contribution in [3.05, 3.63) is 0 Å². The molecule has 0 aromatic carbocycles. The first-order valence-electron chi connectivity index (χ1n) is 5.16. The van der Waals surface area contributed by atoms with Crippen LogP contribution in [0.25, 0.3) is 0 Å². The Labute approximate surface area is 90.9 Å². The summed E-state index contributed by atoms with van der Waals surface area (Å²) in [4.78, 5) is 10.8. The molecule has 5 nitrogen and oxygen atoms in total. The normalized spacial score (nSPS) is 12.7. The van der Waals surface area contributed by atoms with Gasteiger partial charge in [0, 0.05) is 6.54 Å². The van der Waals surface area contributed by atoms with E-state index in [0.717, 1.165) is 0 Å². The van der Waals surface area contributed by atoms with Crippen molar-refractivity contribution in [3.8, 4) is 0 Å². The molecule has 0 bridgehead atoms. The van der Waals surface area contributed by atoms with Crippen LogP contribution in [0.1, 0.15) is 13.8 Å². The Morgan fingerprint density at radius 3 is 2.20 bits per heavy atom. The van der Waals surface area contributed by atoms with Gasteiger partial charge in [-0.05, 0) is 13.8 Å². The average molecular weight is 219 g/mol. The number of rotatable bonds is 10. The zero-order valence-electron chi connectivity index (χ0n) is 9.53. The first-order valence-corrected chi connectivity index (χ1v) is 5.16. The molecule has 0 rings (SSSR count). The quantitative estimate of drug-likeness (QED) is 0.522. The van der Waals surface area contributed by atoms with Crippen LogP contribution in [0.3, 0.4) is 0 Å². The van der Waals surface area contributed by atoms with Crippen LogP contribution in [-0.4, -0.2) is 51.5 Å². The van der Waals surface area contributed by atoms with Gasteiger partial charge in [0.1, 0.15) is 6.10 Å². The van der Waals surface area contributed by atoms with Gasteiger partial charge in [0.2, 0.25) is 0 Å². The standard InChI is InChI=1S/C10H21NO4/c1-9(12)10(2)15-8-7-14-6-5-13-4-3-11/h10H,3-8,11H2,1-2H3/t10-/m0/s1. The van der Waals surface area contributed by atoms with Crippen LogP contribution in [-0.2, 0) is 19.0 Å². The predicted octanol–water partition coefficient (Wildman–Crippen LogP) is -0.0276. The van der Waals surface area contributed by atoms with E-state index in [2.05, 4.69) is 0 Å². The molecule has 1 atom stereocenters. The predicted molar refractivity (Wildman–Crippen MR) is 56.8 cm³/mol.